The second-order valence-electron chi connectivity index (χ2n) is 2.73. The Balaban J connectivity index is 0.000000461. The lowest BCUT2D eigenvalue weighted by Gasteiger charge is -1.93. The lowest BCUT2D eigenvalue weighted by atomic mass is 10.1. The zero-order valence-corrected chi connectivity index (χ0v) is 8.66. The lowest BCUT2D eigenvalue weighted by Crippen LogP contribution is -1.90. The maximum Gasteiger partial charge on any atom is 0.159 e. The van der Waals surface area contributed by atoms with E-state index in [2.05, 4.69) is 10.2 Å². The van der Waals surface area contributed by atoms with Crippen LogP contribution in [0.15, 0.2) is 24.4 Å². The highest BCUT2D eigenvalue weighted by Gasteiger charge is 2.00. The molecule has 0 saturated heterocycles. The Morgan fingerprint density at radius 2 is 2.07 bits per heavy atom. The number of nitrogens with zero attached hydrogens (tertiary/aromatic N) is 1. The van der Waals surface area contributed by atoms with Crippen LogP contribution in [0.3, 0.4) is 0 Å². The number of nitrogens with one attached hydrogen (secondary N) is 1. The van der Waals surface area contributed by atoms with Crippen molar-refractivity contribution in [1.29, 1.82) is 0 Å². The highest BCUT2D eigenvalue weighted by atomic mass is 16.1. The number of H-pyrrole nitrogens is 1. The molecule has 0 atom stereocenters. The molecule has 0 aliphatic rings. The fraction of sp³-hybridized carbons (Fsp3) is 0.273. The SMILES string of the molecule is CC.CC(=O)c1ccc2cn[nH]c2c1. The first-order chi connectivity index (χ1) is 6.77. The molecule has 0 radical (unpaired) electrons. The van der Waals surface area contributed by atoms with Gasteiger partial charge in [0.2, 0.25) is 0 Å². The van der Waals surface area contributed by atoms with Crippen molar-refractivity contribution in [2.24, 2.45) is 0 Å². The molecule has 1 N–H and O–H groups in total. The van der Waals surface area contributed by atoms with E-state index in [1.165, 1.54) is 0 Å². The van der Waals surface area contributed by atoms with Crippen molar-refractivity contribution >= 4 is 16.7 Å². The second-order valence-corrected chi connectivity index (χ2v) is 2.73. The molecular weight excluding hydrogens is 176 g/mol. The van der Waals surface area contributed by atoms with Crippen molar-refractivity contribution in [3.8, 4) is 0 Å². The number of benzene rings is 1. The Morgan fingerprint density at radius 3 is 2.71 bits per heavy atom. The van der Waals surface area contributed by atoms with Crippen LogP contribution in [0.1, 0.15) is 31.1 Å². The Hall–Kier alpha value is -1.64. The normalized spacial score (nSPS) is 9.36. The molecule has 3 heteroatoms. The molecule has 1 aromatic carbocycles. The Kier molecular flexibility index (Phi) is 3.40. The molecule has 0 bridgehead atoms. The van der Waals surface area contributed by atoms with Crippen LogP contribution in [-0.4, -0.2) is 16.0 Å². The fourth-order valence-electron chi connectivity index (χ4n) is 1.16. The minimum absolute atomic E-state index is 0.0755. The number of ketones is 1. The lowest BCUT2D eigenvalue weighted by molar-refractivity contribution is 0.101. The van der Waals surface area contributed by atoms with E-state index in [1.54, 1.807) is 19.2 Å². The number of aromatic amines is 1. The van der Waals surface area contributed by atoms with Crippen LogP contribution in [0.25, 0.3) is 10.9 Å². The molecule has 1 aromatic heterocycles. The minimum Gasteiger partial charge on any atom is -0.295 e. The number of carbonyl (C=O) groups is 1. The van der Waals surface area contributed by atoms with Gasteiger partial charge in [0, 0.05) is 10.9 Å². The number of aromatic nitrogens is 2. The average molecular weight is 190 g/mol. The molecule has 3 nitrogen and oxygen atoms in total. The first-order valence-corrected chi connectivity index (χ1v) is 4.71. The van der Waals surface area contributed by atoms with E-state index >= 15 is 0 Å². The topological polar surface area (TPSA) is 45.8 Å². The molecule has 0 saturated carbocycles. The first kappa shape index (κ1) is 10.4. The van der Waals surface area contributed by atoms with Gasteiger partial charge in [-0.1, -0.05) is 26.0 Å². The number of hydrogen-bond acceptors (Lipinski definition) is 2. The molecule has 2 aromatic rings. The number of rotatable bonds is 1. The summed E-state index contributed by atoms with van der Waals surface area (Å²) in [6.07, 6.45) is 1.74. The standard InChI is InChI=1S/C9H8N2O.C2H6/c1-6(12)7-2-3-8-5-10-11-9(8)4-7;1-2/h2-5H,1H3,(H,10,11);1-2H3. The smallest absolute Gasteiger partial charge is 0.159 e. The van der Waals surface area contributed by atoms with Crippen LogP contribution in [0, 0.1) is 0 Å². The Morgan fingerprint density at radius 1 is 1.36 bits per heavy atom. The number of Topliss-reactive ketones (excluding diaryl/α,β-unsaturated/α-hetero) is 1. The predicted molar refractivity (Wildman–Crippen MR) is 57.4 cm³/mol. The molecular formula is C11H14N2O. The summed E-state index contributed by atoms with van der Waals surface area (Å²) in [7, 11) is 0. The molecule has 0 spiro atoms. The summed E-state index contributed by atoms with van der Waals surface area (Å²) in [5.74, 6) is 0.0755. The zero-order valence-electron chi connectivity index (χ0n) is 8.66. The van der Waals surface area contributed by atoms with Gasteiger partial charge in [0.25, 0.3) is 0 Å². The van der Waals surface area contributed by atoms with Crippen LogP contribution < -0.4 is 0 Å². The van der Waals surface area contributed by atoms with Crippen molar-refractivity contribution < 1.29 is 4.79 Å². The van der Waals surface area contributed by atoms with Crippen molar-refractivity contribution in [2.45, 2.75) is 20.8 Å². The molecule has 0 fully saturated rings. The van der Waals surface area contributed by atoms with Gasteiger partial charge >= 0.3 is 0 Å². The van der Waals surface area contributed by atoms with E-state index in [1.807, 2.05) is 26.0 Å². The van der Waals surface area contributed by atoms with Crippen molar-refractivity contribution in [3.63, 3.8) is 0 Å². The third-order valence-electron chi connectivity index (χ3n) is 1.85. The average Bonchev–Trinajstić information content (AvgIpc) is 2.67. The predicted octanol–water partition coefficient (Wildman–Crippen LogP) is 2.79. The fourth-order valence-corrected chi connectivity index (χ4v) is 1.16. The quantitative estimate of drug-likeness (QED) is 0.703. The van der Waals surface area contributed by atoms with Crippen LogP contribution in [0.5, 0.6) is 0 Å². The van der Waals surface area contributed by atoms with E-state index in [0.29, 0.717) is 5.56 Å². The van der Waals surface area contributed by atoms with Crippen molar-refractivity contribution in [1.82, 2.24) is 10.2 Å². The maximum atomic E-state index is 11.0. The molecule has 0 aliphatic carbocycles. The summed E-state index contributed by atoms with van der Waals surface area (Å²) in [6, 6.07) is 5.50. The molecule has 0 aliphatic heterocycles. The van der Waals surface area contributed by atoms with Crippen LogP contribution in [0.4, 0.5) is 0 Å². The van der Waals surface area contributed by atoms with E-state index in [4.69, 9.17) is 0 Å². The largest absolute Gasteiger partial charge is 0.295 e. The third kappa shape index (κ3) is 1.99. The first-order valence-electron chi connectivity index (χ1n) is 4.71. The van der Waals surface area contributed by atoms with E-state index in [-0.39, 0.29) is 5.78 Å². The van der Waals surface area contributed by atoms with Gasteiger partial charge in [-0.25, -0.2) is 0 Å². The monoisotopic (exact) mass is 190 g/mol. The van der Waals surface area contributed by atoms with Gasteiger partial charge in [-0.2, -0.15) is 5.10 Å². The molecule has 0 unspecified atom stereocenters. The van der Waals surface area contributed by atoms with Gasteiger partial charge in [0.1, 0.15) is 0 Å². The highest BCUT2D eigenvalue weighted by molar-refractivity contribution is 5.97. The molecule has 0 amide bonds. The van der Waals surface area contributed by atoms with E-state index < -0.39 is 0 Å². The Labute approximate surface area is 83.1 Å². The summed E-state index contributed by atoms with van der Waals surface area (Å²) < 4.78 is 0. The van der Waals surface area contributed by atoms with E-state index in [0.717, 1.165) is 10.9 Å². The number of hydrogen-bond donors (Lipinski definition) is 1. The summed E-state index contributed by atoms with van der Waals surface area (Å²) >= 11 is 0. The molecule has 1 heterocycles. The number of fused-ring (bicyclic) bond motifs is 1. The second kappa shape index (κ2) is 4.56. The van der Waals surface area contributed by atoms with Crippen LogP contribution in [0.2, 0.25) is 0 Å². The van der Waals surface area contributed by atoms with Gasteiger partial charge < -0.3 is 0 Å². The highest BCUT2D eigenvalue weighted by Crippen LogP contribution is 2.12. The van der Waals surface area contributed by atoms with Crippen molar-refractivity contribution in [2.75, 3.05) is 0 Å². The summed E-state index contributed by atoms with van der Waals surface area (Å²) in [4.78, 5) is 11.0. The third-order valence-corrected chi connectivity index (χ3v) is 1.85. The maximum absolute atomic E-state index is 11.0. The molecule has 14 heavy (non-hydrogen) atoms. The van der Waals surface area contributed by atoms with Gasteiger partial charge in [-0.15, -0.1) is 0 Å². The van der Waals surface area contributed by atoms with Gasteiger partial charge in [-0.3, -0.25) is 9.89 Å². The Bertz CT molecular complexity index is 432. The van der Waals surface area contributed by atoms with Gasteiger partial charge in [0.05, 0.1) is 11.7 Å². The van der Waals surface area contributed by atoms with Crippen LogP contribution in [-0.2, 0) is 0 Å². The summed E-state index contributed by atoms with van der Waals surface area (Å²) in [5.41, 5.74) is 1.62. The van der Waals surface area contributed by atoms with Crippen LogP contribution >= 0.6 is 0 Å². The van der Waals surface area contributed by atoms with Gasteiger partial charge in [0.15, 0.2) is 5.78 Å². The number of carbonyl (C=O) groups excluding carboxylic acids is 1. The van der Waals surface area contributed by atoms with Crippen molar-refractivity contribution in [3.05, 3.63) is 30.0 Å². The molecule has 74 valence electrons. The van der Waals surface area contributed by atoms with E-state index in [9.17, 15) is 4.79 Å². The molecule has 2 rings (SSSR count). The van der Waals surface area contributed by atoms with Gasteiger partial charge in [-0.05, 0) is 13.0 Å². The zero-order chi connectivity index (χ0) is 10.6. The summed E-state index contributed by atoms with van der Waals surface area (Å²) in [5, 5.41) is 7.71. The minimum atomic E-state index is 0.0755. The summed E-state index contributed by atoms with van der Waals surface area (Å²) in [6.45, 7) is 5.55.